The van der Waals surface area contributed by atoms with Crippen molar-refractivity contribution in [3.05, 3.63) is 0 Å². The summed E-state index contributed by atoms with van der Waals surface area (Å²) >= 11 is 0. The molecule has 268 valence electrons. The topological polar surface area (TPSA) is 140 Å². The van der Waals surface area contributed by atoms with Gasteiger partial charge in [0, 0.05) is 26.2 Å². The molecule has 0 bridgehead atoms. The smallest absolute Gasteiger partial charge is 0.303 e. The van der Waals surface area contributed by atoms with Crippen molar-refractivity contribution in [2.24, 2.45) is 0 Å². The monoisotopic (exact) mass is 651 g/mol. The Morgan fingerprint density at radius 2 is 0.733 bits per heavy atom. The summed E-state index contributed by atoms with van der Waals surface area (Å²) in [5, 5.41) is 11.2. The predicted octanol–water partition coefficient (Wildman–Crippen LogP) is 4.41. The molecular weight excluding hydrogens is 586 g/mol. The fourth-order valence-corrected chi connectivity index (χ4v) is 4.04. The van der Waals surface area contributed by atoms with Crippen LogP contribution in [0.25, 0.3) is 0 Å². The fraction of sp³-hybridized carbons (Fsp3) is 0.939. The summed E-state index contributed by atoms with van der Waals surface area (Å²) in [6, 6.07) is 0. The zero-order chi connectivity index (χ0) is 32.7. The van der Waals surface area contributed by atoms with Crippen LogP contribution in [-0.2, 0) is 47.5 Å². The Hall–Kier alpha value is -1.38. The molecule has 12 heteroatoms. The third-order valence-corrected chi connectivity index (χ3v) is 6.60. The maximum Gasteiger partial charge on any atom is 0.303 e. The van der Waals surface area contributed by atoms with Crippen LogP contribution in [0.15, 0.2) is 0 Å². The Morgan fingerprint density at radius 3 is 1.09 bits per heavy atom. The largest absolute Gasteiger partial charge is 0.481 e. The molecule has 45 heavy (non-hydrogen) atoms. The van der Waals surface area contributed by atoms with Crippen molar-refractivity contribution in [2.75, 3.05) is 112 Å². The van der Waals surface area contributed by atoms with Crippen LogP contribution in [0.1, 0.15) is 90.4 Å². The first-order chi connectivity index (χ1) is 22.2. The summed E-state index contributed by atoms with van der Waals surface area (Å²) < 4.78 is 43.9. The molecule has 1 amide bonds. The van der Waals surface area contributed by atoms with Crippen LogP contribution in [-0.4, -0.2) is 129 Å². The first-order valence-electron chi connectivity index (χ1n) is 17.3. The molecular formula is C33H65NO11. The molecule has 0 aromatic carbocycles. The van der Waals surface area contributed by atoms with E-state index < -0.39 is 5.97 Å². The Labute approximate surface area is 272 Å². The highest BCUT2D eigenvalue weighted by Crippen LogP contribution is 2.10. The number of carboxylic acid groups (broad SMARTS) is 1. The standard InChI is InChI=1S/C33H65NO11/c1-2-3-4-5-6-7-8-9-10-11-16-38-18-20-40-22-24-42-26-28-44-30-31-45-29-27-43-25-23-41-21-19-39-17-12-15-34-32(35)13-14-33(36)37/h2-31H2,1H3,(H,34,35)(H,36,37). The number of hydrogen-bond donors (Lipinski definition) is 2. The number of ether oxygens (including phenoxy) is 8. The van der Waals surface area contributed by atoms with E-state index in [4.69, 9.17) is 43.0 Å². The number of nitrogens with one attached hydrogen (secondary N) is 1. The SMILES string of the molecule is CCCCCCCCCCCCOCCOCCOCCOCCOCCOCCOCCOCCCNC(=O)CCC(=O)O. The van der Waals surface area contributed by atoms with Gasteiger partial charge < -0.3 is 48.3 Å². The maximum atomic E-state index is 11.4. The van der Waals surface area contributed by atoms with Crippen LogP contribution in [0.3, 0.4) is 0 Å². The van der Waals surface area contributed by atoms with Gasteiger partial charge in [0.2, 0.25) is 5.91 Å². The summed E-state index contributed by atoms with van der Waals surface area (Å²) in [5.74, 6) is -1.24. The molecule has 0 heterocycles. The summed E-state index contributed by atoms with van der Waals surface area (Å²) in [6.45, 7) is 11.3. The van der Waals surface area contributed by atoms with E-state index in [1.54, 1.807) is 0 Å². The molecule has 12 nitrogen and oxygen atoms in total. The second kappa shape index (κ2) is 38.8. The van der Waals surface area contributed by atoms with E-state index in [2.05, 4.69) is 12.2 Å². The number of carbonyl (C=O) groups is 2. The van der Waals surface area contributed by atoms with Crippen LogP contribution < -0.4 is 5.32 Å². The number of carboxylic acids is 1. The summed E-state index contributed by atoms with van der Waals surface area (Å²) in [7, 11) is 0. The molecule has 0 aliphatic heterocycles. The number of aliphatic carboxylic acids is 1. The second-order valence-electron chi connectivity index (χ2n) is 10.7. The van der Waals surface area contributed by atoms with E-state index in [1.807, 2.05) is 0 Å². The number of hydrogen-bond acceptors (Lipinski definition) is 10. The molecule has 2 N–H and O–H groups in total. The lowest BCUT2D eigenvalue weighted by molar-refractivity contribution is -0.138. The van der Waals surface area contributed by atoms with E-state index in [1.165, 1.54) is 57.8 Å². The van der Waals surface area contributed by atoms with Crippen molar-refractivity contribution in [3.63, 3.8) is 0 Å². The van der Waals surface area contributed by atoms with Gasteiger partial charge in [0.05, 0.1) is 98.9 Å². The predicted molar refractivity (Wildman–Crippen MR) is 173 cm³/mol. The molecule has 0 rings (SSSR count). The van der Waals surface area contributed by atoms with E-state index in [-0.39, 0.29) is 18.7 Å². The number of amides is 1. The average molecular weight is 652 g/mol. The molecule has 0 saturated carbocycles. The van der Waals surface area contributed by atoms with Gasteiger partial charge in [-0.3, -0.25) is 9.59 Å². The van der Waals surface area contributed by atoms with Gasteiger partial charge in [-0.2, -0.15) is 0 Å². The molecule has 0 saturated heterocycles. The van der Waals surface area contributed by atoms with Crippen molar-refractivity contribution in [1.82, 2.24) is 5.32 Å². The highest BCUT2D eigenvalue weighted by Gasteiger charge is 2.04. The lowest BCUT2D eigenvalue weighted by Gasteiger charge is -2.09. The summed E-state index contributed by atoms with van der Waals surface area (Å²) in [6.07, 6.45) is 13.9. The van der Waals surface area contributed by atoms with Crippen molar-refractivity contribution in [1.29, 1.82) is 0 Å². The first kappa shape index (κ1) is 43.6. The third-order valence-electron chi connectivity index (χ3n) is 6.60. The lowest BCUT2D eigenvalue weighted by Crippen LogP contribution is -2.25. The van der Waals surface area contributed by atoms with Gasteiger partial charge in [-0.1, -0.05) is 64.7 Å². The average Bonchev–Trinajstić information content (AvgIpc) is 3.03. The Kier molecular flexibility index (Phi) is 37.6. The molecule has 0 spiro atoms. The van der Waals surface area contributed by atoms with Crippen LogP contribution >= 0.6 is 0 Å². The molecule has 0 aliphatic carbocycles. The normalized spacial score (nSPS) is 11.3. The van der Waals surface area contributed by atoms with Gasteiger partial charge in [0.1, 0.15) is 0 Å². The molecule has 0 aromatic rings. The fourth-order valence-electron chi connectivity index (χ4n) is 4.04. The van der Waals surface area contributed by atoms with Gasteiger partial charge in [0.25, 0.3) is 0 Å². The van der Waals surface area contributed by atoms with Crippen molar-refractivity contribution >= 4 is 11.9 Å². The Balaban J connectivity index is 3.08. The van der Waals surface area contributed by atoms with Crippen molar-refractivity contribution in [2.45, 2.75) is 90.4 Å². The summed E-state index contributed by atoms with van der Waals surface area (Å²) in [5.41, 5.74) is 0. The van der Waals surface area contributed by atoms with Crippen molar-refractivity contribution < 1.29 is 52.6 Å². The Morgan fingerprint density at radius 1 is 0.422 bits per heavy atom. The minimum atomic E-state index is -0.977. The lowest BCUT2D eigenvalue weighted by atomic mass is 10.1. The molecule has 0 radical (unpaired) electrons. The quantitative estimate of drug-likeness (QED) is 0.0914. The van der Waals surface area contributed by atoms with Crippen molar-refractivity contribution in [3.8, 4) is 0 Å². The zero-order valence-electron chi connectivity index (χ0n) is 28.2. The Bertz CT molecular complexity index is 613. The summed E-state index contributed by atoms with van der Waals surface area (Å²) in [4.78, 5) is 21.8. The minimum Gasteiger partial charge on any atom is -0.481 e. The van der Waals surface area contributed by atoms with E-state index in [0.29, 0.717) is 112 Å². The van der Waals surface area contributed by atoms with E-state index in [0.717, 1.165) is 13.0 Å². The van der Waals surface area contributed by atoms with Crippen LogP contribution in [0, 0.1) is 0 Å². The molecule has 0 aromatic heterocycles. The molecule has 0 atom stereocenters. The number of carbonyl (C=O) groups excluding carboxylic acids is 1. The van der Waals surface area contributed by atoms with Gasteiger partial charge in [-0.05, 0) is 12.8 Å². The highest BCUT2D eigenvalue weighted by atomic mass is 16.6. The number of rotatable bonds is 39. The van der Waals surface area contributed by atoms with E-state index in [9.17, 15) is 9.59 Å². The second-order valence-corrected chi connectivity index (χ2v) is 10.7. The highest BCUT2D eigenvalue weighted by molar-refractivity contribution is 5.80. The van der Waals surface area contributed by atoms with Gasteiger partial charge in [-0.15, -0.1) is 0 Å². The third kappa shape index (κ3) is 40.6. The van der Waals surface area contributed by atoms with Crippen LogP contribution in [0.4, 0.5) is 0 Å². The minimum absolute atomic E-state index is 0.00361. The van der Waals surface area contributed by atoms with Crippen LogP contribution in [0.2, 0.25) is 0 Å². The van der Waals surface area contributed by atoms with Gasteiger partial charge in [-0.25, -0.2) is 0 Å². The zero-order valence-corrected chi connectivity index (χ0v) is 28.2. The molecule has 0 unspecified atom stereocenters. The maximum absolute atomic E-state index is 11.4. The molecule has 0 fully saturated rings. The first-order valence-corrected chi connectivity index (χ1v) is 17.3. The van der Waals surface area contributed by atoms with Gasteiger partial charge in [0.15, 0.2) is 0 Å². The van der Waals surface area contributed by atoms with Gasteiger partial charge >= 0.3 is 5.97 Å². The number of unbranched alkanes of at least 4 members (excludes halogenated alkanes) is 9. The van der Waals surface area contributed by atoms with E-state index >= 15 is 0 Å². The molecule has 0 aliphatic rings. The van der Waals surface area contributed by atoms with Crippen LogP contribution in [0.5, 0.6) is 0 Å².